The molecule has 2 rings (SSSR count). The van der Waals surface area contributed by atoms with Crippen LogP contribution < -0.4 is 10.5 Å². The van der Waals surface area contributed by atoms with Crippen LogP contribution in [0.25, 0.3) is 0 Å². The number of ether oxygens (including phenoxy) is 1. The number of hydrogen-bond acceptors (Lipinski definition) is 2. The van der Waals surface area contributed by atoms with E-state index in [0.717, 1.165) is 11.3 Å². The fraction of sp³-hybridized carbons (Fsp3) is 0.571. The minimum Gasteiger partial charge on any atom is -0.492 e. The number of nitrogens with two attached hydrogens (primary N) is 1. The van der Waals surface area contributed by atoms with Crippen LogP contribution in [0.3, 0.4) is 0 Å². The number of benzene rings is 1. The van der Waals surface area contributed by atoms with E-state index in [9.17, 15) is 0 Å². The molecule has 0 amide bonds. The molecular formula is C14H20ClNO. The molecule has 2 N–H and O–H groups in total. The molecule has 0 aliphatic heterocycles. The minimum atomic E-state index is 0.0793. The van der Waals surface area contributed by atoms with Gasteiger partial charge in [0, 0.05) is 6.04 Å². The minimum absolute atomic E-state index is 0.0793. The number of rotatable bonds is 4. The average Bonchev–Trinajstić information content (AvgIpc) is 3.02. The molecule has 1 aliphatic carbocycles. The summed E-state index contributed by atoms with van der Waals surface area (Å²) in [5, 5.41) is 0.659. The van der Waals surface area contributed by atoms with Crippen LogP contribution in [-0.2, 0) is 0 Å². The predicted octanol–water partition coefficient (Wildman–Crippen LogP) is 3.85. The van der Waals surface area contributed by atoms with Crippen molar-refractivity contribution in [1.29, 1.82) is 0 Å². The van der Waals surface area contributed by atoms with E-state index in [0.29, 0.717) is 11.6 Å². The van der Waals surface area contributed by atoms with E-state index in [1.807, 2.05) is 19.1 Å². The van der Waals surface area contributed by atoms with Crippen LogP contribution in [0.5, 0.6) is 5.75 Å². The fourth-order valence-electron chi connectivity index (χ4n) is 2.16. The molecule has 1 aromatic carbocycles. The lowest BCUT2D eigenvalue weighted by Gasteiger charge is -2.22. The average molecular weight is 254 g/mol. The highest BCUT2D eigenvalue weighted by Gasteiger charge is 2.44. The van der Waals surface area contributed by atoms with Gasteiger partial charge in [0.2, 0.25) is 0 Å². The van der Waals surface area contributed by atoms with Crippen molar-refractivity contribution in [3.8, 4) is 5.75 Å². The van der Waals surface area contributed by atoms with Crippen molar-refractivity contribution in [2.75, 3.05) is 6.61 Å². The van der Waals surface area contributed by atoms with E-state index >= 15 is 0 Å². The van der Waals surface area contributed by atoms with Crippen LogP contribution in [0, 0.1) is 12.3 Å². The van der Waals surface area contributed by atoms with Gasteiger partial charge in [0.25, 0.3) is 0 Å². The Morgan fingerprint density at radius 2 is 2.12 bits per heavy atom. The Hall–Kier alpha value is -0.730. The zero-order valence-electron chi connectivity index (χ0n) is 10.7. The monoisotopic (exact) mass is 253 g/mol. The Kier molecular flexibility index (Phi) is 3.37. The molecule has 0 aromatic heterocycles. The normalized spacial score (nSPS) is 18.9. The number of halogens is 1. The maximum absolute atomic E-state index is 6.33. The highest BCUT2D eigenvalue weighted by molar-refractivity contribution is 6.32. The molecule has 1 atom stereocenters. The lowest BCUT2D eigenvalue weighted by molar-refractivity contribution is 0.339. The summed E-state index contributed by atoms with van der Waals surface area (Å²) in [6, 6.07) is 4.04. The van der Waals surface area contributed by atoms with Crippen molar-refractivity contribution in [3.05, 3.63) is 28.3 Å². The van der Waals surface area contributed by atoms with Gasteiger partial charge in [0.1, 0.15) is 5.75 Å². The summed E-state index contributed by atoms with van der Waals surface area (Å²) >= 11 is 6.21. The Morgan fingerprint density at radius 3 is 2.65 bits per heavy atom. The van der Waals surface area contributed by atoms with Gasteiger partial charge in [0.15, 0.2) is 0 Å². The molecule has 0 spiro atoms. The quantitative estimate of drug-likeness (QED) is 0.885. The van der Waals surface area contributed by atoms with Crippen molar-refractivity contribution in [2.24, 2.45) is 11.1 Å². The number of aryl methyl sites for hydroxylation is 1. The largest absolute Gasteiger partial charge is 0.492 e. The summed E-state index contributed by atoms with van der Waals surface area (Å²) in [5.41, 5.74) is 8.91. The lowest BCUT2D eigenvalue weighted by Crippen LogP contribution is -2.21. The Balaban J connectivity index is 2.32. The third kappa shape index (κ3) is 2.43. The predicted molar refractivity (Wildman–Crippen MR) is 71.6 cm³/mol. The van der Waals surface area contributed by atoms with Gasteiger partial charge in [-0.1, -0.05) is 18.5 Å². The number of hydrogen-bond donors (Lipinski definition) is 1. The van der Waals surface area contributed by atoms with Gasteiger partial charge in [-0.3, -0.25) is 0 Å². The van der Waals surface area contributed by atoms with Gasteiger partial charge in [-0.2, -0.15) is 0 Å². The third-order valence-electron chi connectivity index (χ3n) is 3.74. The van der Waals surface area contributed by atoms with Crippen molar-refractivity contribution in [1.82, 2.24) is 0 Å². The van der Waals surface area contributed by atoms with Gasteiger partial charge >= 0.3 is 0 Å². The van der Waals surface area contributed by atoms with Crippen molar-refractivity contribution in [2.45, 2.75) is 39.7 Å². The summed E-state index contributed by atoms with van der Waals surface area (Å²) in [7, 11) is 0. The van der Waals surface area contributed by atoms with Gasteiger partial charge in [0.05, 0.1) is 11.6 Å². The van der Waals surface area contributed by atoms with Crippen LogP contribution in [-0.4, -0.2) is 6.61 Å². The molecule has 1 unspecified atom stereocenters. The van der Waals surface area contributed by atoms with Gasteiger partial charge in [-0.15, -0.1) is 0 Å². The zero-order valence-corrected chi connectivity index (χ0v) is 11.5. The smallest absolute Gasteiger partial charge is 0.138 e. The molecule has 0 heterocycles. The van der Waals surface area contributed by atoms with Gasteiger partial charge in [-0.25, -0.2) is 0 Å². The summed E-state index contributed by atoms with van der Waals surface area (Å²) in [4.78, 5) is 0. The second kappa shape index (κ2) is 4.51. The molecular weight excluding hydrogens is 234 g/mol. The first-order valence-corrected chi connectivity index (χ1v) is 6.54. The van der Waals surface area contributed by atoms with Crippen molar-refractivity contribution >= 4 is 11.6 Å². The Labute approximate surface area is 108 Å². The maximum atomic E-state index is 6.33. The maximum Gasteiger partial charge on any atom is 0.138 e. The van der Waals surface area contributed by atoms with E-state index in [4.69, 9.17) is 22.1 Å². The summed E-state index contributed by atoms with van der Waals surface area (Å²) in [6.45, 7) is 6.89. The third-order valence-corrected chi connectivity index (χ3v) is 4.04. The zero-order chi connectivity index (χ0) is 12.6. The first-order chi connectivity index (χ1) is 7.98. The summed E-state index contributed by atoms with van der Waals surface area (Å²) in [5.74, 6) is 0.753. The van der Waals surface area contributed by atoms with Crippen LogP contribution >= 0.6 is 11.6 Å². The molecule has 3 heteroatoms. The molecule has 17 heavy (non-hydrogen) atoms. The molecule has 0 radical (unpaired) electrons. The van der Waals surface area contributed by atoms with E-state index in [2.05, 4.69) is 13.8 Å². The molecule has 1 aliphatic rings. The standard InChI is InChI=1S/C14H20ClNO/c1-4-17-12-7-9(2)10(8-11(12)15)13(16)14(3)5-6-14/h7-8,13H,4-6,16H2,1-3H3. The van der Waals surface area contributed by atoms with Crippen molar-refractivity contribution in [3.63, 3.8) is 0 Å². The highest BCUT2D eigenvalue weighted by Crippen LogP contribution is 2.54. The van der Waals surface area contributed by atoms with E-state index in [1.165, 1.54) is 18.4 Å². The van der Waals surface area contributed by atoms with Crippen LogP contribution in [0.15, 0.2) is 12.1 Å². The van der Waals surface area contributed by atoms with E-state index in [1.54, 1.807) is 0 Å². The molecule has 94 valence electrons. The molecule has 1 fully saturated rings. The second-order valence-electron chi connectivity index (χ2n) is 5.20. The van der Waals surface area contributed by atoms with Crippen LogP contribution in [0.4, 0.5) is 0 Å². The van der Waals surface area contributed by atoms with E-state index in [-0.39, 0.29) is 11.5 Å². The molecule has 0 saturated heterocycles. The van der Waals surface area contributed by atoms with Gasteiger partial charge < -0.3 is 10.5 Å². The topological polar surface area (TPSA) is 35.2 Å². The molecule has 0 bridgehead atoms. The van der Waals surface area contributed by atoms with E-state index < -0.39 is 0 Å². The summed E-state index contributed by atoms with van der Waals surface area (Å²) < 4.78 is 5.48. The molecule has 1 saturated carbocycles. The van der Waals surface area contributed by atoms with Crippen LogP contribution in [0.1, 0.15) is 43.9 Å². The van der Waals surface area contributed by atoms with Gasteiger partial charge in [-0.05, 0) is 55.4 Å². The fourth-order valence-corrected chi connectivity index (χ4v) is 2.38. The Bertz CT molecular complexity index is 426. The lowest BCUT2D eigenvalue weighted by atomic mass is 9.90. The highest BCUT2D eigenvalue weighted by atomic mass is 35.5. The molecule has 1 aromatic rings. The van der Waals surface area contributed by atoms with Crippen molar-refractivity contribution < 1.29 is 4.74 Å². The first-order valence-electron chi connectivity index (χ1n) is 6.16. The molecule has 2 nitrogen and oxygen atoms in total. The van der Waals surface area contributed by atoms with Crippen LogP contribution in [0.2, 0.25) is 5.02 Å². The Morgan fingerprint density at radius 1 is 1.47 bits per heavy atom. The second-order valence-corrected chi connectivity index (χ2v) is 5.61. The SMILES string of the molecule is CCOc1cc(C)c(C(N)C2(C)CC2)cc1Cl. The summed E-state index contributed by atoms with van der Waals surface area (Å²) in [6.07, 6.45) is 2.41. The first kappa shape index (κ1) is 12.7.